The molecule has 82 valence electrons. The molecule has 3 heteroatoms. The predicted octanol–water partition coefficient (Wildman–Crippen LogP) is 3.62. The van der Waals surface area contributed by atoms with Crippen LogP contribution in [0.5, 0.6) is 5.75 Å². The lowest BCUT2D eigenvalue weighted by atomic mass is 10.1. The molecule has 0 saturated heterocycles. The Morgan fingerprint density at radius 2 is 1.88 bits per heavy atom. The standard InChI is InChI=1S/C13H11ClO2/c1-2-16-12-8-10-6-4-3-5-9(10)7-11(12)13(14)15/h3-8H,2H2,1H3. The summed E-state index contributed by atoms with van der Waals surface area (Å²) >= 11 is 5.53. The summed E-state index contributed by atoms with van der Waals surface area (Å²) in [4.78, 5) is 11.3. The first kappa shape index (κ1) is 11.0. The number of hydrogen-bond acceptors (Lipinski definition) is 2. The van der Waals surface area contributed by atoms with E-state index < -0.39 is 5.24 Å². The van der Waals surface area contributed by atoms with Gasteiger partial charge in [-0.2, -0.15) is 0 Å². The maximum Gasteiger partial charge on any atom is 0.256 e. The Morgan fingerprint density at radius 3 is 2.44 bits per heavy atom. The van der Waals surface area contributed by atoms with E-state index in [1.165, 1.54) is 0 Å². The van der Waals surface area contributed by atoms with Gasteiger partial charge in [-0.05, 0) is 41.4 Å². The second-order valence-electron chi connectivity index (χ2n) is 3.40. The first-order valence-electron chi connectivity index (χ1n) is 5.08. The van der Waals surface area contributed by atoms with Crippen LogP contribution in [0, 0.1) is 0 Å². The second kappa shape index (κ2) is 4.54. The molecule has 0 atom stereocenters. The minimum Gasteiger partial charge on any atom is -0.493 e. The van der Waals surface area contributed by atoms with Crippen LogP contribution in [0.1, 0.15) is 17.3 Å². The van der Waals surface area contributed by atoms with Gasteiger partial charge in [-0.1, -0.05) is 24.3 Å². The molecule has 0 heterocycles. The Labute approximate surface area is 98.8 Å². The number of hydrogen-bond donors (Lipinski definition) is 0. The van der Waals surface area contributed by atoms with Gasteiger partial charge in [0.2, 0.25) is 0 Å². The van der Waals surface area contributed by atoms with E-state index in [4.69, 9.17) is 16.3 Å². The third-order valence-electron chi connectivity index (χ3n) is 2.36. The van der Waals surface area contributed by atoms with Gasteiger partial charge in [-0.3, -0.25) is 4.79 Å². The molecular formula is C13H11ClO2. The van der Waals surface area contributed by atoms with Crippen molar-refractivity contribution in [3.63, 3.8) is 0 Å². The van der Waals surface area contributed by atoms with E-state index in [0.717, 1.165) is 10.8 Å². The van der Waals surface area contributed by atoms with Crippen LogP contribution < -0.4 is 4.74 Å². The highest BCUT2D eigenvalue weighted by Crippen LogP contribution is 2.27. The number of carbonyl (C=O) groups is 1. The third-order valence-corrected chi connectivity index (χ3v) is 2.56. The van der Waals surface area contributed by atoms with Gasteiger partial charge in [0.1, 0.15) is 5.75 Å². The molecule has 16 heavy (non-hydrogen) atoms. The predicted molar refractivity (Wildman–Crippen MR) is 65.3 cm³/mol. The molecule has 0 aliphatic rings. The van der Waals surface area contributed by atoms with Crippen molar-refractivity contribution >= 4 is 27.6 Å². The Kier molecular flexibility index (Phi) is 3.11. The maximum atomic E-state index is 11.3. The van der Waals surface area contributed by atoms with E-state index in [9.17, 15) is 4.79 Å². The van der Waals surface area contributed by atoms with Gasteiger partial charge in [-0.15, -0.1) is 0 Å². The van der Waals surface area contributed by atoms with Gasteiger partial charge in [0.25, 0.3) is 5.24 Å². The SMILES string of the molecule is CCOc1cc2ccccc2cc1C(=O)Cl. The fraction of sp³-hybridized carbons (Fsp3) is 0.154. The smallest absolute Gasteiger partial charge is 0.256 e. The summed E-state index contributed by atoms with van der Waals surface area (Å²) in [5, 5.41) is 1.52. The molecule has 0 saturated carbocycles. The van der Waals surface area contributed by atoms with Gasteiger partial charge >= 0.3 is 0 Å². The molecule has 2 aromatic carbocycles. The monoisotopic (exact) mass is 234 g/mol. The zero-order valence-corrected chi connectivity index (χ0v) is 9.62. The molecule has 0 amide bonds. The summed E-state index contributed by atoms with van der Waals surface area (Å²) < 4.78 is 5.40. The molecule has 0 aliphatic carbocycles. The van der Waals surface area contributed by atoms with Crippen molar-refractivity contribution in [2.75, 3.05) is 6.61 Å². The Morgan fingerprint density at radius 1 is 1.25 bits per heavy atom. The van der Waals surface area contributed by atoms with Crippen molar-refractivity contribution in [1.82, 2.24) is 0 Å². The van der Waals surface area contributed by atoms with Crippen LogP contribution in [0.4, 0.5) is 0 Å². The fourth-order valence-electron chi connectivity index (χ4n) is 1.65. The van der Waals surface area contributed by atoms with E-state index in [0.29, 0.717) is 17.9 Å². The summed E-state index contributed by atoms with van der Waals surface area (Å²) in [5.41, 5.74) is 0.419. The summed E-state index contributed by atoms with van der Waals surface area (Å²) in [7, 11) is 0. The molecular weight excluding hydrogens is 224 g/mol. The van der Waals surface area contributed by atoms with E-state index in [1.54, 1.807) is 6.07 Å². The topological polar surface area (TPSA) is 26.3 Å². The molecule has 2 aromatic rings. The number of ether oxygens (including phenoxy) is 1. The van der Waals surface area contributed by atoms with E-state index in [1.807, 2.05) is 37.3 Å². The van der Waals surface area contributed by atoms with Crippen LogP contribution >= 0.6 is 11.6 Å². The maximum absolute atomic E-state index is 11.3. The van der Waals surface area contributed by atoms with Gasteiger partial charge < -0.3 is 4.74 Å². The average molecular weight is 235 g/mol. The van der Waals surface area contributed by atoms with Crippen molar-refractivity contribution in [3.05, 3.63) is 42.0 Å². The van der Waals surface area contributed by atoms with Crippen LogP contribution in [0.3, 0.4) is 0 Å². The Hall–Kier alpha value is -1.54. The van der Waals surface area contributed by atoms with Gasteiger partial charge in [0.15, 0.2) is 0 Å². The number of rotatable bonds is 3. The molecule has 0 bridgehead atoms. The lowest BCUT2D eigenvalue weighted by Crippen LogP contribution is -1.99. The Bertz CT molecular complexity index is 534. The normalized spacial score (nSPS) is 10.4. The average Bonchev–Trinajstić information content (AvgIpc) is 2.28. The van der Waals surface area contributed by atoms with Crippen molar-refractivity contribution in [2.45, 2.75) is 6.92 Å². The van der Waals surface area contributed by atoms with Crippen LogP contribution in [-0.2, 0) is 0 Å². The van der Waals surface area contributed by atoms with Crippen molar-refractivity contribution in [2.24, 2.45) is 0 Å². The molecule has 2 nitrogen and oxygen atoms in total. The lowest BCUT2D eigenvalue weighted by molar-refractivity contribution is 0.107. The van der Waals surface area contributed by atoms with E-state index in [2.05, 4.69) is 0 Å². The molecule has 0 radical (unpaired) electrons. The molecule has 0 fully saturated rings. The molecule has 0 N–H and O–H groups in total. The van der Waals surface area contributed by atoms with Crippen LogP contribution in [0.15, 0.2) is 36.4 Å². The number of fused-ring (bicyclic) bond motifs is 1. The fourth-order valence-corrected chi connectivity index (χ4v) is 1.80. The highest BCUT2D eigenvalue weighted by Gasteiger charge is 2.11. The van der Waals surface area contributed by atoms with Crippen molar-refractivity contribution in [3.8, 4) is 5.75 Å². The highest BCUT2D eigenvalue weighted by atomic mass is 35.5. The van der Waals surface area contributed by atoms with Crippen LogP contribution in [-0.4, -0.2) is 11.8 Å². The number of benzene rings is 2. The summed E-state index contributed by atoms with van der Waals surface area (Å²) in [5.74, 6) is 0.543. The number of halogens is 1. The van der Waals surface area contributed by atoms with Gasteiger partial charge in [-0.25, -0.2) is 0 Å². The molecule has 0 aliphatic heterocycles. The van der Waals surface area contributed by atoms with Gasteiger partial charge in [0, 0.05) is 0 Å². The largest absolute Gasteiger partial charge is 0.493 e. The van der Waals surface area contributed by atoms with Crippen molar-refractivity contribution < 1.29 is 9.53 Å². The molecule has 0 spiro atoms. The van der Waals surface area contributed by atoms with Crippen molar-refractivity contribution in [1.29, 1.82) is 0 Å². The quantitative estimate of drug-likeness (QED) is 0.759. The zero-order chi connectivity index (χ0) is 11.5. The third kappa shape index (κ3) is 2.02. The first-order valence-corrected chi connectivity index (χ1v) is 5.45. The highest BCUT2D eigenvalue weighted by molar-refractivity contribution is 6.68. The minimum absolute atomic E-state index is 0.419. The molecule has 0 aromatic heterocycles. The molecule has 0 unspecified atom stereocenters. The van der Waals surface area contributed by atoms with E-state index >= 15 is 0 Å². The van der Waals surface area contributed by atoms with Crippen LogP contribution in [0.2, 0.25) is 0 Å². The van der Waals surface area contributed by atoms with Gasteiger partial charge in [0.05, 0.1) is 12.2 Å². The molecule has 2 rings (SSSR count). The summed E-state index contributed by atoms with van der Waals surface area (Å²) in [6, 6.07) is 11.4. The lowest BCUT2D eigenvalue weighted by Gasteiger charge is -2.08. The minimum atomic E-state index is -0.491. The summed E-state index contributed by atoms with van der Waals surface area (Å²) in [6.07, 6.45) is 0. The number of carbonyl (C=O) groups excluding carboxylic acids is 1. The van der Waals surface area contributed by atoms with E-state index in [-0.39, 0.29) is 0 Å². The second-order valence-corrected chi connectivity index (χ2v) is 3.75. The zero-order valence-electron chi connectivity index (χ0n) is 8.87. The summed E-state index contributed by atoms with van der Waals surface area (Å²) in [6.45, 7) is 2.38. The Balaban J connectivity index is 2.65. The first-order chi connectivity index (χ1) is 7.72. The van der Waals surface area contributed by atoms with Crippen LogP contribution in [0.25, 0.3) is 10.8 Å².